The van der Waals surface area contributed by atoms with Gasteiger partial charge in [0.15, 0.2) is 0 Å². The summed E-state index contributed by atoms with van der Waals surface area (Å²) in [7, 11) is 0. The van der Waals surface area contributed by atoms with Crippen LogP contribution in [0.5, 0.6) is 0 Å². The van der Waals surface area contributed by atoms with E-state index in [1.165, 1.54) is 0 Å². The van der Waals surface area contributed by atoms with Gasteiger partial charge in [-0.15, -0.1) is 0 Å². The summed E-state index contributed by atoms with van der Waals surface area (Å²) in [5, 5.41) is 8.03. The van der Waals surface area contributed by atoms with E-state index in [-0.39, 0.29) is 0 Å². The zero-order valence-electron chi connectivity index (χ0n) is 7.23. The number of halogens is 6. The molecule has 0 aliphatic rings. The smallest absolute Gasteiger partial charge is 0.391 e. The van der Waals surface area contributed by atoms with Gasteiger partial charge in [0, 0.05) is 0 Å². The first-order valence-corrected chi connectivity index (χ1v) is 3.61. The second-order valence-corrected chi connectivity index (χ2v) is 2.44. The molecule has 1 atom stereocenters. The highest BCUT2D eigenvalue weighted by atomic mass is 19.4. The van der Waals surface area contributed by atoms with E-state index < -0.39 is 38.5 Å². The van der Waals surface area contributed by atoms with Gasteiger partial charge in [0.2, 0.25) is 6.36 Å². The molecule has 9 heteroatoms. The van der Waals surface area contributed by atoms with E-state index in [9.17, 15) is 26.3 Å². The van der Waals surface area contributed by atoms with Gasteiger partial charge < -0.3 is 14.6 Å². The maximum Gasteiger partial charge on any atom is 0.412 e. The van der Waals surface area contributed by atoms with E-state index in [2.05, 4.69) is 9.47 Å². The molecule has 1 N–H and O–H groups in total. The molecule has 0 aliphatic carbocycles. The minimum absolute atomic E-state index is 1.17. The predicted octanol–water partition coefficient (Wildman–Crippen LogP) is 1.46. The molecule has 0 aromatic heterocycles. The Bertz CT molecular complexity index is 182. The summed E-state index contributed by atoms with van der Waals surface area (Å²) < 4.78 is 77.9. The van der Waals surface area contributed by atoms with Crippen LogP contribution >= 0.6 is 0 Å². The van der Waals surface area contributed by atoms with E-state index >= 15 is 0 Å². The second-order valence-electron chi connectivity index (χ2n) is 2.44. The molecule has 0 heterocycles. The molecule has 1 unspecified atom stereocenters. The molecule has 15 heavy (non-hydrogen) atoms. The largest absolute Gasteiger partial charge is 0.412 e. The van der Waals surface area contributed by atoms with Crippen LogP contribution in [-0.4, -0.2) is 43.6 Å². The van der Waals surface area contributed by atoms with Crippen LogP contribution in [0.3, 0.4) is 0 Å². The fraction of sp³-hybridized carbons (Fsp3) is 1.00. The van der Waals surface area contributed by atoms with Gasteiger partial charge in [-0.2, -0.15) is 22.0 Å². The van der Waals surface area contributed by atoms with Crippen molar-refractivity contribution in [1.82, 2.24) is 0 Å². The fourth-order valence-corrected chi connectivity index (χ4v) is 0.469. The van der Waals surface area contributed by atoms with Crippen LogP contribution in [0, 0.1) is 0 Å². The van der Waals surface area contributed by atoms with E-state index in [0.717, 1.165) is 0 Å². The van der Waals surface area contributed by atoms with Crippen molar-refractivity contribution in [3.8, 4) is 0 Å². The van der Waals surface area contributed by atoms with Crippen molar-refractivity contribution in [2.24, 2.45) is 0 Å². The van der Waals surface area contributed by atoms with Crippen LogP contribution in [0.15, 0.2) is 0 Å². The van der Waals surface area contributed by atoms with Crippen molar-refractivity contribution in [3.05, 3.63) is 0 Å². The summed E-state index contributed by atoms with van der Waals surface area (Å²) >= 11 is 0. The number of rotatable bonds is 6. The molecule has 3 nitrogen and oxygen atoms in total. The average molecular weight is 242 g/mol. The lowest BCUT2D eigenvalue weighted by Gasteiger charge is -2.18. The van der Waals surface area contributed by atoms with Gasteiger partial charge in [-0.3, -0.25) is 0 Å². The first-order chi connectivity index (χ1) is 6.66. The summed E-state index contributed by atoms with van der Waals surface area (Å²) in [4.78, 5) is 0. The third kappa shape index (κ3) is 8.45. The maximum atomic E-state index is 12.4. The van der Waals surface area contributed by atoms with Crippen molar-refractivity contribution in [2.45, 2.75) is 18.6 Å². The van der Waals surface area contributed by atoms with E-state index in [0.29, 0.717) is 0 Å². The van der Waals surface area contributed by atoms with Crippen molar-refractivity contribution in [3.63, 3.8) is 0 Å². The minimum atomic E-state index is -4.91. The molecule has 0 rings (SSSR count). The minimum Gasteiger partial charge on any atom is -0.391 e. The predicted molar refractivity (Wildman–Crippen MR) is 34.9 cm³/mol. The molecule has 0 amide bonds. The molecule has 0 fully saturated rings. The highest BCUT2D eigenvalue weighted by Gasteiger charge is 2.38. The molecule has 92 valence electrons. The van der Waals surface area contributed by atoms with Gasteiger partial charge in [0.05, 0.1) is 6.61 Å². The van der Waals surface area contributed by atoms with Crippen molar-refractivity contribution >= 4 is 0 Å². The third-order valence-corrected chi connectivity index (χ3v) is 1.02. The van der Waals surface area contributed by atoms with Crippen LogP contribution in [0.1, 0.15) is 0 Å². The number of aliphatic hydroxyl groups excluding tert-OH is 1. The molecular weight excluding hydrogens is 234 g/mol. The van der Waals surface area contributed by atoms with Gasteiger partial charge in [0.1, 0.15) is 13.2 Å². The fourth-order valence-electron chi connectivity index (χ4n) is 0.469. The Morgan fingerprint density at radius 2 is 1.60 bits per heavy atom. The maximum absolute atomic E-state index is 12.4. The van der Waals surface area contributed by atoms with Crippen LogP contribution in [-0.2, 0) is 9.47 Å². The summed E-state index contributed by atoms with van der Waals surface area (Å²) in [5.74, 6) is 0. The first kappa shape index (κ1) is 14.5. The van der Waals surface area contributed by atoms with Crippen LogP contribution in [0.25, 0.3) is 0 Å². The average Bonchev–Trinajstić information content (AvgIpc) is 2.10. The Morgan fingerprint density at radius 1 is 1.07 bits per heavy atom. The Kier molecular flexibility index (Phi) is 5.32. The lowest BCUT2D eigenvalue weighted by Crippen LogP contribution is -2.34. The van der Waals surface area contributed by atoms with Crippen LogP contribution in [0.2, 0.25) is 0 Å². The molecule has 0 bridgehead atoms. The second kappa shape index (κ2) is 5.52. The molecular formula is C6H8F6O3. The number of aliphatic hydroxyl groups is 1. The summed E-state index contributed by atoms with van der Waals surface area (Å²) in [6, 6.07) is 0. The van der Waals surface area contributed by atoms with E-state index in [1.54, 1.807) is 0 Å². The Labute approximate surface area is 80.6 Å². The summed E-state index contributed by atoms with van der Waals surface area (Å²) in [6.07, 6.45) is -11.5. The molecule has 0 aromatic carbocycles. The van der Waals surface area contributed by atoms with Crippen molar-refractivity contribution in [2.75, 3.05) is 19.8 Å². The SMILES string of the molecule is OCC(F)OCC(F)(F)OCC(F)(F)F. The lowest BCUT2D eigenvalue weighted by atomic mass is 10.6. The van der Waals surface area contributed by atoms with E-state index in [1.807, 2.05) is 0 Å². The molecule has 0 saturated heterocycles. The first-order valence-electron chi connectivity index (χ1n) is 3.61. The monoisotopic (exact) mass is 242 g/mol. The molecule has 0 saturated carbocycles. The zero-order valence-corrected chi connectivity index (χ0v) is 7.23. The highest BCUT2D eigenvalue weighted by molar-refractivity contribution is 4.55. The Balaban J connectivity index is 3.86. The molecule has 0 spiro atoms. The van der Waals surface area contributed by atoms with Gasteiger partial charge in [-0.25, -0.2) is 4.39 Å². The van der Waals surface area contributed by atoms with E-state index in [4.69, 9.17) is 5.11 Å². The topological polar surface area (TPSA) is 38.7 Å². The van der Waals surface area contributed by atoms with Gasteiger partial charge in [-0.1, -0.05) is 0 Å². The normalized spacial score (nSPS) is 15.4. The number of hydrogen-bond acceptors (Lipinski definition) is 3. The van der Waals surface area contributed by atoms with Gasteiger partial charge in [0.25, 0.3) is 0 Å². The number of ether oxygens (including phenoxy) is 2. The van der Waals surface area contributed by atoms with Gasteiger partial charge in [-0.05, 0) is 0 Å². The Hall–Kier alpha value is -0.540. The highest BCUT2D eigenvalue weighted by Crippen LogP contribution is 2.22. The number of alkyl halides is 6. The lowest BCUT2D eigenvalue weighted by molar-refractivity contribution is -0.312. The molecule has 0 radical (unpaired) electrons. The zero-order chi connectivity index (χ0) is 12.1. The molecule has 0 aromatic rings. The van der Waals surface area contributed by atoms with Gasteiger partial charge >= 0.3 is 12.3 Å². The number of hydrogen-bond donors (Lipinski definition) is 1. The van der Waals surface area contributed by atoms with Crippen molar-refractivity contribution in [1.29, 1.82) is 0 Å². The van der Waals surface area contributed by atoms with Crippen molar-refractivity contribution < 1.29 is 40.9 Å². The Morgan fingerprint density at radius 3 is 2.00 bits per heavy atom. The van der Waals surface area contributed by atoms with Crippen LogP contribution < -0.4 is 0 Å². The summed E-state index contributed by atoms with van der Waals surface area (Å²) in [5.41, 5.74) is 0. The van der Waals surface area contributed by atoms with Crippen LogP contribution in [0.4, 0.5) is 26.3 Å². The standard InChI is InChI=1S/C6H8F6O3/c7-4(1-13)14-3-6(11,12)15-2-5(8,9)10/h4,13H,1-3H2. The quantitative estimate of drug-likeness (QED) is 0.716. The molecule has 0 aliphatic heterocycles. The summed E-state index contributed by atoms with van der Waals surface area (Å²) in [6.45, 7) is -5.04. The third-order valence-electron chi connectivity index (χ3n) is 1.02.